The number of amides is 2. The van der Waals surface area contributed by atoms with E-state index in [4.69, 9.17) is 0 Å². The third kappa shape index (κ3) is 3.76. The van der Waals surface area contributed by atoms with Gasteiger partial charge >= 0.3 is 0 Å². The van der Waals surface area contributed by atoms with Gasteiger partial charge in [0.05, 0.1) is 17.8 Å². The van der Waals surface area contributed by atoms with Crippen LogP contribution in [0.2, 0.25) is 0 Å². The fourth-order valence-corrected chi connectivity index (χ4v) is 3.83. The van der Waals surface area contributed by atoms with Crippen LogP contribution in [0.3, 0.4) is 0 Å². The molecule has 2 amide bonds. The number of nitrogens with zero attached hydrogens (tertiary/aromatic N) is 3. The van der Waals surface area contributed by atoms with Crippen LogP contribution in [0.4, 0.5) is 4.39 Å². The van der Waals surface area contributed by atoms with Gasteiger partial charge in [0, 0.05) is 31.2 Å². The highest BCUT2D eigenvalue weighted by Gasteiger charge is 2.32. The summed E-state index contributed by atoms with van der Waals surface area (Å²) in [6, 6.07) is 11.0. The van der Waals surface area contributed by atoms with Crippen LogP contribution in [0, 0.1) is 5.82 Å². The fourth-order valence-electron chi connectivity index (χ4n) is 3.83. The molecule has 1 aliphatic rings. The maximum absolute atomic E-state index is 13.6. The monoisotopic (exact) mass is 392 g/mol. The Morgan fingerprint density at radius 2 is 2.07 bits per heavy atom. The number of nitrogens with one attached hydrogen (secondary N) is 1. The van der Waals surface area contributed by atoms with Gasteiger partial charge in [-0.15, -0.1) is 0 Å². The minimum atomic E-state index is -0.491. The van der Waals surface area contributed by atoms with E-state index in [2.05, 4.69) is 16.5 Å². The summed E-state index contributed by atoms with van der Waals surface area (Å²) in [6.45, 7) is 4.81. The normalized spacial score (nSPS) is 16.8. The van der Waals surface area contributed by atoms with E-state index in [1.807, 2.05) is 30.3 Å². The first-order valence-electron chi connectivity index (χ1n) is 9.45. The lowest BCUT2D eigenvalue weighted by molar-refractivity contribution is -0.130. The second kappa shape index (κ2) is 7.87. The molecule has 3 heterocycles. The van der Waals surface area contributed by atoms with Crippen LogP contribution in [-0.4, -0.2) is 57.3 Å². The van der Waals surface area contributed by atoms with Crippen molar-refractivity contribution >= 4 is 22.8 Å². The third-order valence-electron chi connectivity index (χ3n) is 5.27. The minimum absolute atomic E-state index is 0.142. The molecule has 7 heteroatoms. The van der Waals surface area contributed by atoms with E-state index < -0.39 is 5.82 Å². The van der Waals surface area contributed by atoms with E-state index in [-0.39, 0.29) is 17.9 Å². The maximum atomic E-state index is 13.6. The lowest BCUT2D eigenvalue weighted by Gasteiger charge is -2.41. The largest absolute Gasteiger partial charge is 0.345 e. The Bertz CT molecular complexity index is 1060. The molecule has 1 N–H and O–H groups in total. The van der Waals surface area contributed by atoms with E-state index in [1.54, 1.807) is 16.0 Å². The lowest BCUT2D eigenvalue weighted by atomic mass is 10.0. The number of hydrogen-bond donors (Lipinski definition) is 1. The zero-order chi connectivity index (χ0) is 20.4. The van der Waals surface area contributed by atoms with E-state index in [0.717, 1.165) is 11.8 Å². The smallest absolute Gasteiger partial charge is 0.256 e. The summed E-state index contributed by atoms with van der Waals surface area (Å²) in [6.07, 6.45) is 4.62. The van der Waals surface area contributed by atoms with E-state index >= 15 is 0 Å². The first-order chi connectivity index (χ1) is 14.1. The van der Waals surface area contributed by atoms with Gasteiger partial charge in [-0.1, -0.05) is 36.9 Å². The Kier molecular flexibility index (Phi) is 5.12. The quantitative estimate of drug-likeness (QED) is 0.694. The molecular formula is C22H21FN4O2. The zero-order valence-electron chi connectivity index (χ0n) is 15.8. The molecule has 1 atom stereocenters. The number of pyridine rings is 1. The van der Waals surface area contributed by atoms with Crippen molar-refractivity contribution in [3.63, 3.8) is 0 Å². The minimum Gasteiger partial charge on any atom is -0.345 e. The number of benzene rings is 1. The lowest BCUT2D eigenvalue weighted by Crippen LogP contribution is -2.57. The van der Waals surface area contributed by atoms with Gasteiger partial charge in [0.25, 0.3) is 5.91 Å². The maximum Gasteiger partial charge on any atom is 0.256 e. The average Bonchev–Trinajstić information content (AvgIpc) is 3.16. The number of piperazine rings is 1. The molecule has 148 valence electrons. The number of carbonyl (C=O) groups is 2. The molecule has 0 spiro atoms. The number of aromatic amines is 1. The van der Waals surface area contributed by atoms with Crippen LogP contribution in [0.5, 0.6) is 0 Å². The second-order valence-electron chi connectivity index (χ2n) is 7.08. The molecule has 0 radical (unpaired) electrons. The topological polar surface area (TPSA) is 69.3 Å². The van der Waals surface area contributed by atoms with E-state index in [1.165, 1.54) is 12.1 Å². The number of hydrogen-bond acceptors (Lipinski definition) is 3. The van der Waals surface area contributed by atoms with E-state index in [9.17, 15) is 14.0 Å². The van der Waals surface area contributed by atoms with Gasteiger partial charge in [-0.05, 0) is 24.1 Å². The number of aromatic nitrogens is 2. The summed E-state index contributed by atoms with van der Waals surface area (Å²) in [5, 5.41) is 0.458. The van der Waals surface area contributed by atoms with Gasteiger partial charge in [-0.3, -0.25) is 9.59 Å². The molecule has 29 heavy (non-hydrogen) atoms. The Morgan fingerprint density at radius 3 is 2.83 bits per heavy atom. The van der Waals surface area contributed by atoms with Crippen LogP contribution in [0.1, 0.15) is 15.9 Å². The van der Waals surface area contributed by atoms with Crippen molar-refractivity contribution in [2.45, 2.75) is 12.5 Å². The van der Waals surface area contributed by atoms with Crippen molar-refractivity contribution in [1.29, 1.82) is 0 Å². The molecule has 0 saturated carbocycles. The molecule has 0 unspecified atom stereocenters. The Hall–Kier alpha value is -3.48. The van der Waals surface area contributed by atoms with Crippen molar-refractivity contribution in [3.05, 3.63) is 78.4 Å². The summed E-state index contributed by atoms with van der Waals surface area (Å²) in [7, 11) is 0. The molecule has 0 bridgehead atoms. The summed E-state index contributed by atoms with van der Waals surface area (Å²) in [4.78, 5) is 35.9. The standard InChI is InChI=1S/C22H21FN4O2/c1-2-20(28)27-9-8-26(14-17(27)10-15-6-4-3-5-7-15)22(29)19-13-25-21-18(19)11-16(23)12-24-21/h2-7,11-13,17H,1,8-10,14H2,(H,24,25)/t17-/m0/s1. The van der Waals surface area contributed by atoms with Crippen LogP contribution < -0.4 is 0 Å². The van der Waals surface area contributed by atoms with Crippen LogP contribution in [-0.2, 0) is 11.2 Å². The molecule has 1 saturated heterocycles. The van der Waals surface area contributed by atoms with Gasteiger partial charge in [-0.2, -0.15) is 0 Å². The molecule has 3 aromatic rings. The van der Waals surface area contributed by atoms with Crippen molar-refractivity contribution in [1.82, 2.24) is 19.8 Å². The first kappa shape index (κ1) is 18.9. The number of rotatable bonds is 4. The molecule has 1 aliphatic heterocycles. The molecule has 1 aromatic carbocycles. The summed E-state index contributed by atoms with van der Waals surface area (Å²) in [5.74, 6) is -0.835. The third-order valence-corrected chi connectivity index (χ3v) is 5.27. The number of fused-ring (bicyclic) bond motifs is 1. The Morgan fingerprint density at radius 1 is 1.28 bits per heavy atom. The van der Waals surface area contributed by atoms with Gasteiger partial charge in [-0.25, -0.2) is 9.37 Å². The number of halogens is 1. The predicted octanol–water partition coefficient (Wildman–Crippen LogP) is 2.78. The SMILES string of the molecule is C=CC(=O)N1CCN(C(=O)c2c[nH]c3ncc(F)cc23)C[C@@H]1Cc1ccccc1. The number of H-pyrrole nitrogens is 1. The molecule has 6 nitrogen and oxygen atoms in total. The molecule has 4 rings (SSSR count). The van der Waals surface area contributed by atoms with Crippen molar-refractivity contribution in [3.8, 4) is 0 Å². The molecule has 0 aliphatic carbocycles. The zero-order valence-corrected chi connectivity index (χ0v) is 15.8. The Labute approximate surface area is 167 Å². The van der Waals surface area contributed by atoms with E-state index in [0.29, 0.717) is 42.7 Å². The van der Waals surface area contributed by atoms with Gasteiger partial charge in [0.1, 0.15) is 11.5 Å². The van der Waals surface area contributed by atoms with Crippen LogP contribution in [0.15, 0.2) is 61.4 Å². The summed E-state index contributed by atoms with van der Waals surface area (Å²) in [5.41, 5.74) is 1.94. The Balaban J connectivity index is 1.59. The molecular weight excluding hydrogens is 371 g/mol. The summed E-state index contributed by atoms with van der Waals surface area (Å²) < 4.78 is 13.6. The van der Waals surface area contributed by atoms with Crippen molar-refractivity contribution in [2.75, 3.05) is 19.6 Å². The fraction of sp³-hybridized carbons (Fsp3) is 0.227. The van der Waals surface area contributed by atoms with Gasteiger partial charge in [0.15, 0.2) is 0 Å². The predicted molar refractivity (Wildman–Crippen MR) is 108 cm³/mol. The highest BCUT2D eigenvalue weighted by molar-refractivity contribution is 6.06. The first-order valence-corrected chi connectivity index (χ1v) is 9.45. The number of carbonyl (C=O) groups excluding carboxylic acids is 2. The molecule has 1 fully saturated rings. The van der Waals surface area contributed by atoms with Crippen LogP contribution >= 0.6 is 0 Å². The highest BCUT2D eigenvalue weighted by Crippen LogP contribution is 2.22. The average molecular weight is 392 g/mol. The van der Waals surface area contributed by atoms with Crippen molar-refractivity contribution in [2.24, 2.45) is 0 Å². The van der Waals surface area contributed by atoms with Gasteiger partial charge < -0.3 is 14.8 Å². The second-order valence-corrected chi connectivity index (χ2v) is 7.08. The highest BCUT2D eigenvalue weighted by atomic mass is 19.1. The summed E-state index contributed by atoms with van der Waals surface area (Å²) >= 11 is 0. The van der Waals surface area contributed by atoms with Gasteiger partial charge in [0.2, 0.25) is 5.91 Å². The molecule has 2 aromatic heterocycles. The van der Waals surface area contributed by atoms with Crippen LogP contribution in [0.25, 0.3) is 11.0 Å². The van der Waals surface area contributed by atoms with Crippen molar-refractivity contribution < 1.29 is 14.0 Å².